The fourth-order valence-corrected chi connectivity index (χ4v) is 3.90. The Balaban J connectivity index is 1.89. The third kappa shape index (κ3) is 2.32. The van der Waals surface area contributed by atoms with E-state index in [1.165, 1.54) is 5.56 Å². The van der Waals surface area contributed by atoms with Crippen molar-refractivity contribution in [3.8, 4) is 0 Å². The van der Waals surface area contributed by atoms with Gasteiger partial charge in [-0.3, -0.25) is 0 Å². The maximum absolute atomic E-state index is 12.4. The Morgan fingerprint density at radius 2 is 1.55 bits per heavy atom. The summed E-state index contributed by atoms with van der Waals surface area (Å²) in [7, 11) is -1.83. The molecule has 3 aromatic carbocycles. The lowest BCUT2D eigenvalue weighted by molar-refractivity contribution is 0.563. The molecule has 0 aliphatic rings. The summed E-state index contributed by atoms with van der Waals surface area (Å²) in [6.45, 7) is 0. The number of para-hydroxylation sites is 1. The zero-order valence-electron chi connectivity index (χ0n) is 11.9. The molecule has 0 N–H and O–H groups in total. The number of hydrogen-bond donors (Lipinski definition) is 0. The van der Waals surface area contributed by atoms with E-state index in [2.05, 4.69) is 24.3 Å². The molecule has 1 atom stereocenters. The third-order valence-electron chi connectivity index (χ3n) is 3.87. The first-order valence-corrected chi connectivity index (χ1v) is 8.40. The minimum atomic E-state index is -1.83. The fourth-order valence-electron chi connectivity index (χ4n) is 2.80. The van der Waals surface area contributed by atoms with E-state index < -0.39 is 7.65 Å². The number of benzene rings is 3. The second kappa shape index (κ2) is 5.40. The van der Waals surface area contributed by atoms with Crippen LogP contribution < -0.4 is 0 Å². The van der Waals surface area contributed by atoms with Crippen molar-refractivity contribution in [3.05, 3.63) is 83.9 Å². The minimum absolute atomic E-state index is 0.701. The van der Waals surface area contributed by atoms with Gasteiger partial charge in [0.15, 0.2) is 5.58 Å². The van der Waals surface area contributed by atoms with Crippen LogP contribution >= 0.6 is 7.65 Å². The summed E-state index contributed by atoms with van der Waals surface area (Å²) < 4.78 is 18.0. The van der Waals surface area contributed by atoms with Gasteiger partial charge in [-0.1, -0.05) is 54.6 Å². The topological polar surface area (TPSA) is 30.2 Å². The molecule has 0 amide bonds. The first kappa shape index (κ1) is 13.2. The van der Waals surface area contributed by atoms with Crippen molar-refractivity contribution in [1.29, 1.82) is 0 Å². The van der Waals surface area contributed by atoms with Crippen LogP contribution in [0.25, 0.3) is 21.5 Å². The monoisotopic (exact) mass is 305 g/mol. The maximum Gasteiger partial charge on any atom is 0.597 e. The minimum Gasteiger partial charge on any atom is -0.250 e. The van der Waals surface area contributed by atoms with E-state index in [-0.39, 0.29) is 0 Å². The first-order chi connectivity index (χ1) is 10.8. The molecule has 0 radical (unpaired) electrons. The van der Waals surface area contributed by atoms with Gasteiger partial charge in [-0.15, -0.1) is 0 Å². The smallest absolute Gasteiger partial charge is 0.250 e. The molecule has 0 saturated heterocycles. The van der Waals surface area contributed by atoms with E-state index in [1.54, 1.807) is 0 Å². The van der Waals surface area contributed by atoms with Crippen LogP contribution in [0.4, 0.5) is 0 Å². The summed E-state index contributed by atoms with van der Waals surface area (Å²) in [6.07, 6.45) is 0.832. The molecule has 1 unspecified atom stereocenters. The first-order valence-electron chi connectivity index (χ1n) is 7.23. The van der Waals surface area contributed by atoms with Crippen molar-refractivity contribution >= 4 is 29.1 Å². The van der Waals surface area contributed by atoms with Crippen LogP contribution in [-0.2, 0) is 11.0 Å². The zero-order chi connectivity index (χ0) is 14.9. The molecule has 0 aliphatic carbocycles. The summed E-state index contributed by atoms with van der Waals surface area (Å²) in [4.78, 5) is 0. The molecule has 106 valence electrons. The highest BCUT2D eigenvalue weighted by molar-refractivity contribution is 7.37. The number of fused-ring (bicyclic) bond motifs is 3. The molecule has 1 aromatic heterocycles. The largest absolute Gasteiger partial charge is 0.597 e. The molecule has 22 heavy (non-hydrogen) atoms. The average Bonchev–Trinajstić information content (AvgIpc) is 2.56. The van der Waals surface area contributed by atoms with Crippen molar-refractivity contribution in [3.63, 3.8) is 0 Å². The Morgan fingerprint density at radius 1 is 0.773 bits per heavy atom. The van der Waals surface area contributed by atoms with E-state index in [0.29, 0.717) is 5.58 Å². The predicted molar refractivity (Wildman–Crippen MR) is 90.6 cm³/mol. The van der Waals surface area contributed by atoms with Crippen molar-refractivity contribution < 1.29 is 8.76 Å². The third-order valence-corrected chi connectivity index (χ3v) is 4.99. The average molecular weight is 305 g/mol. The van der Waals surface area contributed by atoms with Gasteiger partial charge in [0, 0.05) is 10.8 Å². The van der Waals surface area contributed by atoms with Gasteiger partial charge >= 0.3 is 7.65 Å². The molecule has 4 aromatic rings. The van der Waals surface area contributed by atoms with Crippen LogP contribution in [0.1, 0.15) is 11.1 Å². The van der Waals surface area contributed by atoms with Gasteiger partial charge in [0.1, 0.15) is 0 Å². The summed E-state index contributed by atoms with van der Waals surface area (Å²) in [5.74, 6) is 0. The molecule has 0 spiro atoms. The van der Waals surface area contributed by atoms with Crippen molar-refractivity contribution in [1.82, 2.24) is 0 Å². The van der Waals surface area contributed by atoms with E-state index in [9.17, 15) is 4.57 Å². The van der Waals surface area contributed by atoms with Gasteiger partial charge in [0.05, 0.1) is 0 Å². The van der Waals surface area contributed by atoms with E-state index >= 15 is 0 Å². The lowest BCUT2D eigenvalue weighted by atomic mass is 10.0. The molecule has 3 heteroatoms. The summed E-state index contributed by atoms with van der Waals surface area (Å²) in [5.41, 5.74) is 3.10. The lowest BCUT2D eigenvalue weighted by Crippen LogP contribution is -1.87. The van der Waals surface area contributed by atoms with E-state index in [1.807, 2.05) is 48.5 Å². The molecule has 4 rings (SSSR count). The van der Waals surface area contributed by atoms with Crippen LogP contribution in [0.15, 0.2) is 77.0 Å². The van der Waals surface area contributed by atoms with Crippen molar-refractivity contribution in [2.45, 2.75) is 6.42 Å². The second-order valence-corrected chi connectivity index (χ2v) is 6.54. The number of rotatable bonds is 2. The van der Waals surface area contributed by atoms with Crippen LogP contribution in [0, 0.1) is 0 Å². The van der Waals surface area contributed by atoms with Gasteiger partial charge in [0.2, 0.25) is 5.12 Å². The van der Waals surface area contributed by atoms with Gasteiger partial charge in [-0.2, -0.15) is 0 Å². The predicted octanol–water partition coefficient (Wildman–Crippen LogP) is 5.92. The second-order valence-electron chi connectivity index (χ2n) is 5.36. The van der Waals surface area contributed by atoms with Crippen LogP contribution in [0.2, 0.25) is 0 Å². The molecule has 0 bridgehead atoms. The quantitative estimate of drug-likeness (QED) is 0.430. The molecule has 0 saturated carbocycles. The maximum atomic E-state index is 12.4. The molecule has 0 aliphatic heterocycles. The molecule has 0 fully saturated rings. The van der Waals surface area contributed by atoms with Crippen LogP contribution in [0.5, 0.6) is 0 Å². The summed E-state index contributed by atoms with van der Waals surface area (Å²) >= 11 is 0. The molecular weight excluding hydrogens is 291 g/mol. The van der Waals surface area contributed by atoms with Gasteiger partial charge in [-0.05, 0) is 40.3 Å². The highest BCUT2D eigenvalue weighted by Gasteiger charge is 2.16. The molecule has 1 heterocycles. The van der Waals surface area contributed by atoms with E-state index in [4.69, 9.17) is 4.20 Å². The molecular formula is C19H14O2P+. The fraction of sp³-hybridized carbons (Fsp3) is 0.0526. The highest BCUT2D eigenvalue weighted by atomic mass is 31.1. The normalized spacial score (nSPS) is 11.9. The molecule has 2 nitrogen and oxygen atoms in total. The zero-order valence-corrected chi connectivity index (χ0v) is 12.8. The Kier molecular flexibility index (Phi) is 3.25. The number of hydrogen-bond acceptors (Lipinski definition) is 2. The van der Waals surface area contributed by atoms with Crippen LogP contribution in [0.3, 0.4) is 0 Å². The summed E-state index contributed by atoms with van der Waals surface area (Å²) in [5, 5.41) is 2.82. The Hall–Kier alpha value is -2.44. The van der Waals surface area contributed by atoms with Gasteiger partial charge in [0.25, 0.3) is 0 Å². The Bertz CT molecular complexity index is 1020. The highest BCUT2D eigenvalue weighted by Crippen LogP contribution is 2.35. The van der Waals surface area contributed by atoms with E-state index in [0.717, 1.165) is 27.9 Å². The summed E-state index contributed by atoms with van der Waals surface area (Å²) in [6, 6.07) is 24.2. The SMILES string of the molecule is O=[p+]1oc2ccccc2c2ccc(Cc3ccccc3)cc21. The van der Waals surface area contributed by atoms with Gasteiger partial charge in [-0.25, -0.2) is 4.20 Å². The van der Waals surface area contributed by atoms with Crippen molar-refractivity contribution in [2.75, 3.05) is 0 Å². The van der Waals surface area contributed by atoms with Crippen molar-refractivity contribution in [2.24, 2.45) is 0 Å². The standard InChI is InChI=1S/C19H14O2P/c20-22-19-13-15(12-14-6-2-1-3-7-14)10-11-17(19)16-8-4-5-9-18(16)21-22/h1-11,13H,12H2/q+1. The van der Waals surface area contributed by atoms with Gasteiger partial charge < -0.3 is 0 Å². The lowest BCUT2D eigenvalue weighted by Gasteiger charge is -2.02. The van der Waals surface area contributed by atoms with Crippen LogP contribution in [-0.4, -0.2) is 0 Å². The Morgan fingerprint density at radius 3 is 2.41 bits per heavy atom. The Labute approximate surface area is 128 Å².